The zero-order chi connectivity index (χ0) is 21.6. The van der Waals surface area contributed by atoms with Crippen LogP contribution in [0.4, 0.5) is 0 Å². The van der Waals surface area contributed by atoms with E-state index in [-0.39, 0.29) is 27.9 Å². The number of carbonyl (C=O) groups is 2. The van der Waals surface area contributed by atoms with Gasteiger partial charge in [-0.05, 0) is 39.0 Å². The summed E-state index contributed by atoms with van der Waals surface area (Å²) in [5.74, 6) is -0.665. The van der Waals surface area contributed by atoms with Gasteiger partial charge in [0.15, 0.2) is 5.71 Å². The number of pyridine rings is 1. The predicted molar refractivity (Wildman–Crippen MR) is 109 cm³/mol. The second kappa shape index (κ2) is 9.38. The minimum Gasteiger partial charge on any atom is -0.456 e. The molecule has 1 amide bonds. The summed E-state index contributed by atoms with van der Waals surface area (Å²) in [7, 11) is 2.81. The van der Waals surface area contributed by atoms with E-state index in [1.807, 2.05) is 0 Å². The number of nitrogens with one attached hydrogen (secondary N) is 1. The number of carbonyl (C=O) groups excluding carboxylic acids is 2. The van der Waals surface area contributed by atoms with E-state index in [2.05, 4.69) is 15.5 Å². The molecule has 29 heavy (non-hydrogen) atoms. The fourth-order valence-electron chi connectivity index (χ4n) is 2.23. The van der Waals surface area contributed by atoms with Crippen molar-refractivity contribution < 1.29 is 23.9 Å². The lowest BCUT2D eigenvalue weighted by molar-refractivity contribution is -0.114. The molecule has 0 aliphatic heterocycles. The van der Waals surface area contributed by atoms with Gasteiger partial charge in [0.1, 0.15) is 23.5 Å². The number of benzene rings is 1. The van der Waals surface area contributed by atoms with Crippen LogP contribution in [0.15, 0.2) is 41.7 Å². The Kier molecular flexibility index (Phi) is 7.17. The molecule has 154 valence electrons. The van der Waals surface area contributed by atoms with Gasteiger partial charge < -0.3 is 19.6 Å². The summed E-state index contributed by atoms with van der Waals surface area (Å²) >= 11 is 6.25. The molecule has 2 rings (SSSR count). The van der Waals surface area contributed by atoms with Crippen LogP contribution in [0, 0.1) is 0 Å². The van der Waals surface area contributed by atoms with Gasteiger partial charge in [-0.2, -0.15) is 0 Å². The Balaban J connectivity index is 2.35. The Morgan fingerprint density at radius 1 is 1.21 bits per heavy atom. The van der Waals surface area contributed by atoms with E-state index in [4.69, 9.17) is 25.9 Å². The number of para-hydroxylation sites is 1. The normalized spacial score (nSPS) is 11.6. The molecule has 0 aliphatic rings. The van der Waals surface area contributed by atoms with Crippen molar-refractivity contribution >= 4 is 29.2 Å². The van der Waals surface area contributed by atoms with Crippen molar-refractivity contribution in [1.82, 2.24) is 10.3 Å². The van der Waals surface area contributed by atoms with Gasteiger partial charge in [-0.1, -0.05) is 28.9 Å². The van der Waals surface area contributed by atoms with E-state index >= 15 is 0 Å². The molecule has 0 fully saturated rings. The van der Waals surface area contributed by atoms with Gasteiger partial charge in [0, 0.05) is 13.2 Å². The second-order valence-electron chi connectivity index (χ2n) is 6.81. The van der Waals surface area contributed by atoms with Crippen LogP contribution in [-0.4, -0.2) is 42.3 Å². The van der Waals surface area contributed by atoms with Crippen LogP contribution in [0.5, 0.6) is 11.6 Å². The van der Waals surface area contributed by atoms with Crippen molar-refractivity contribution in [2.75, 3.05) is 14.2 Å². The molecule has 0 unspecified atom stereocenters. The number of esters is 1. The number of oxime groups is 1. The number of nitrogens with zero attached hydrogens (tertiary/aromatic N) is 2. The summed E-state index contributed by atoms with van der Waals surface area (Å²) in [6, 6.07) is 8.12. The molecular formula is C20H22ClN3O5. The molecule has 0 atom stereocenters. The van der Waals surface area contributed by atoms with E-state index in [1.54, 1.807) is 45.0 Å². The fraction of sp³-hybridized carbons (Fsp3) is 0.300. The fourth-order valence-corrected chi connectivity index (χ4v) is 2.43. The van der Waals surface area contributed by atoms with Gasteiger partial charge >= 0.3 is 5.97 Å². The third-order valence-corrected chi connectivity index (χ3v) is 3.69. The smallest absolute Gasteiger partial charge is 0.340 e. The Morgan fingerprint density at radius 3 is 2.48 bits per heavy atom. The van der Waals surface area contributed by atoms with Crippen molar-refractivity contribution in [2.24, 2.45) is 5.16 Å². The quantitative estimate of drug-likeness (QED) is 0.436. The van der Waals surface area contributed by atoms with Crippen molar-refractivity contribution in [2.45, 2.75) is 26.4 Å². The number of hydrogen-bond donors (Lipinski definition) is 1. The topological polar surface area (TPSA) is 99.1 Å². The van der Waals surface area contributed by atoms with Crippen molar-refractivity contribution in [1.29, 1.82) is 0 Å². The Bertz CT molecular complexity index is 938. The molecule has 0 aliphatic carbocycles. The van der Waals surface area contributed by atoms with Crippen molar-refractivity contribution in [3.05, 3.63) is 52.7 Å². The minimum atomic E-state index is -0.644. The first-order valence-corrected chi connectivity index (χ1v) is 9.03. The van der Waals surface area contributed by atoms with Gasteiger partial charge in [-0.25, -0.2) is 9.78 Å². The largest absolute Gasteiger partial charge is 0.456 e. The molecule has 1 heterocycles. The number of likely N-dealkylation sites (N-methyl/N-ethyl adjacent to an activating group) is 1. The van der Waals surface area contributed by atoms with Crippen LogP contribution in [0.1, 0.15) is 36.7 Å². The maximum Gasteiger partial charge on any atom is 0.340 e. The van der Waals surface area contributed by atoms with Gasteiger partial charge in [0.25, 0.3) is 5.91 Å². The van der Waals surface area contributed by atoms with Crippen LogP contribution in [0.25, 0.3) is 0 Å². The molecule has 0 saturated heterocycles. The van der Waals surface area contributed by atoms with Crippen molar-refractivity contribution in [3.8, 4) is 11.6 Å². The standard InChI is InChI=1S/C20H22ClN3O5/c1-20(2,3)29-19(26)12-10-14(21)18(23-11-12)28-15-9-7-6-8-13(15)16(24-27-5)17(25)22-4/h6-11H,1-5H3,(H,22,25)/b24-16-. The SMILES string of the molecule is CNC(=O)/C(=N\OC)c1ccccc1Oc1ncc(C(=O)OC(C)(C)C)cc1Cl. The van der Waals surface area contributed by atoms with E-state index in [0.717, 1.165) is 0 Å². The molecule has 0 saturated carbocycles. The minimum absolute atomic E-state index is 0.0205. The Hall–Kier alpha value is -3.13. The van der Waals surface area contributed by atoms with Crippen LogP contribution in [-0.2, 0) is 14.4 Å². The highest BCUT2D eigenvalue weighted by molar-refractivity contribution is 6.45. The summed E-state index contributed by atoms with van der Waals surface area (Å²) in [6.07, 6.45) is 1.31. The lowest BCUT2D eigenvalue weighted by atomic mass is 10.1. The molecule has 8 nitrogen and oxygen atoms in total. The number of aromatic nitrogens is 1. The summed E-state index contributed by atoms with van der Waals surface area (Å²) in [5, 5.41) is 6.37. The van der Waals surface area contributed by atoms with E-state index in [0.29, 0.717) is 5.56 Å². The number of hydrogen-bond acceptors (Lipinski definition) is 7. The van der Waals surface area contributed by atoms with E-state index < -0.39 is 17.5 Å². The molecule has 0 bridgehead atoms. The predicted octanol–water partition coefficient (Wildman–Crippen LogP) is 3.58. The number of amides is 1. The first-order chi connectivity index (χ1) is 13.7. The molecule has 1 aromatic heterocycles. The average Bonchev–Trinajstić information content (AvgIpc) is 2.66. The first kappa shape index (κ1) is 22.2. The van der Waals surface area contributed by atoms with Crippen LogP contribution < -0.4 is 10.1 Å². The lowest BCUT2D eigenvalue weighted by Crippen LogP contribution is -2.28. The summed E-state index contributed by atoms with van der Waals surface area (Å²) in [5.41, 5.74) is -0.0540. The Morgan fingerprint density at radius 2 is 1.90 bits per heavy atom. The maximum atomic E-state index is 12.2. The summed E-state index contributed by atoms with van der Waals surface area (Å²) < 4.78 is 11.1. The van der Waals surface area contributed by atoms with Gasteiger partial charge in [-0.3, -0.25) is 4.79 Å². The molecule has 1 N–H and O–H groups in total. The summed E-state index contributed by atoms with van der Waals surface area (Å²) in [4.78, 5) is 33.2. The molecule has 2 aromatic rings. The molecule has 1 aromatic carbocycles. The molecular weight excluding hydrogens is 398 g/mol. The van der Waals surface area contributed by atoms with Crippen LogP contribution in [0.3, 0.4) is 0 Å². The highest BCUT2D eigenvalue weighted by atomic mass is 35.5. The van der Waals surface area contributed by atoms with E-state index in [9.17, 15) is 9.59 Å². The zero-order valence-corrected chi connectivity index (χ0v) is 17.5. The molecule has 9 heteroatoms. The van der Waals surface area contributed by atoms with E-state index in [1.165, 1.54) is 26.4 Å². The van der Waals surface area contributed by atoms with Crippen LogP contribution in [0.2, 0.25) is 5.02 Å². The average molecular weight is 420 g/mol. The number of rotatable bonds is 6. The zero-order valence-electron chi connectivity index (χ0n) is 16.8. The molecule has 0 spiro atoms. The third kappa shape index (κ3) is 5.92. The third-order valence-electron chi connectivity index (χ3n) is 3.42. The maximum absolute atomic E-state index is 12.2. The number of ether oxygens (including phenoxy) is 2. The molecule has 0 radical (unpaired) electrons. The second-order valence-corrected chi connectivity index (χ2v) is 7.22. The van der Waals surface area contributed by atoms with Crippen molar-refractivity contribution in [3.63, 3.8) is 0 Å². The highest BCUT2D eigenvalue weighted by Crippen LogP contribution is 2.30. The Labute approximate surface area is 173 Å². The van der Waals surface area contributed by atoms with Crippen LogP contribution >= 0.6 is 11.6 Å². The summed E-state index contributed by atoms with van der Waals surface area (Å²) in [6.45, 7) is 5.29. The highest BCUT2D eigenvalue weighted by Gasteiger charge is 2.22. The van der Waals surface area contributed by atoms with Gasteiger partial charge in [-0.15, -0.1) is 0 Å². The monoisotopic (exact) mass is 419 g/mol. The number of halogens is 1. The lowest BCUT2D eigenvalue weighted by Gasteiger charge is -2.19. The van der Waals surface area contributed by atoms with Gasteiger partial charge in [0.2, 0.25) is 5.88 Å². The first-order valence-electron chi connectivity index (χ1n) is 8.65. The van der Waals surface area contributed by atoms with Gasteiger partial charge in [0.05, 0.1) is 11.1 Å².